The number of halogens is 1. The van der Waals surface area contributed by atoms with Crippen molar-refractivity contribution in [2.75, 3.05) is 31.1 Å². The highest BCUT2D eigenvalue weighted by molar-refractivity contribution is 7.12. The molecule has 0 saturated heterocycles. The van der Waals surface area contributed by atoms with Crippen molar-refractivity contribution >= 4 is 52.4 Å². The Morgan fingerprint density at radius 2 is 1.78 bits per heavy atom. The van der Waals surface area contributed by atoms with Gasteiger partial charge in [0.05, 0.1) is 10.6 Å². The lowest BCUT2D eigenvalue weighted by atomic mass is 9.97. The Kier molecular flexibility index (Phi) is 11.3. The van der Waals surface area contributed by atoms with Gasteiger partial charge in [-0.2, -0.15) is 5.26 Å². The maximum absolute atomic E-state index is 13.1. The third-order valence-corrected chi connectivity index (χ3v) is 7.36. The zero-order chi connectivity index (χ0) is 33.3. The van der Waals surface area contributed by atoms with Crippen molar-refractivity contribution in [1.29, 1.82) is 5.26 Å². The molecule has 0 unspecified atom stereocenters. The summed E-state index contributed by atoms with van der Waals surface area (Å²) < 4.78 is 16.0. The van der Waals surface area contributed by atoms with E-state index in [4.69, 9.17) is 25.8 Å². The predicted octanol–water partition coefficient (Wildman–Crippen LogP) is 7.09. The monoisotopic (exact) mass is 661 g/mol. The lowest BCUT2D eigenvalue weighted by molar-refractivity contribution is -0.116. The number of hydrogen-bond donors (Lipinski definition) is 3. The Morgan fingerprint density at radius 3 is 2.48 bits per heavy atom. The summed E-state index contributed by atoms with van der Waals surface area (Å²) >= 11 is 7.92. The lowest BCUT2D eigenvalue weighted by Gasteiger charge is -2.19. The Balaban J connectivity index is 1.71. The van der Waals surface area contributed by atoms with Crippen LogP contribution in [0.3, 0.4) is 0 Å². The van der Waals surface area contributed by atoms with Gasteiger partial charge in [-0.1, -0.05) is 29.8 Å². The molecule has 46 heavy (non-hydrogen) atoms. The number of nitrogens with zero attached hydrogens (tertiary/aromatic N) is 2. The smallest absolute Gasteiger partial charge is 0.407 e. The van der Waals surface area contributed by atoms with E-state index in [9.17, 15) is 19.6 Å². The van der Waals surface area contributed by atoms with Crippen LogP contribution in [0.15, 0.2) is 66.0 Å². The third-order valence-electron chi connectivity index (χ3n) is 6.16. The fourth-order valence-corrected chi connectivity index (χ4v) is 5.07. The number of rotatable bonds is 11. The number of carbonyl (C=O) groups excluding carboxylic acids is 3. The van der Waals surface area contributed by atoms with Gasteiger partial charge in [0.1, 0.15) is 23.0 Å². The molecule has 0 aliphatic heterocycles. The van der Waals surface area contributed by atoms with Crippen LogP contribution in [0.4, 0.5) is 16.3 Å². The second kappa shape index (κ2) is 15.4. The van der Waals surface area contributed by atoms with Crippen LogP contribution in [0.1, 0.15) is 42.4 Å². The van der Waals surface area contributed by atoms with E-state index in [-0.39, 0.29) is 42.1 Å². The van der Waals surface area contributed by atoms with Crippen LogP contribution < -0.4 is 20.7 Å². The lowest BCUT2D eigenvalue weighted by Crippen LogP contribution is -2.34. The number of hydrogen-bond acceptors (Lipinski definition) is 9. The molecule has 13 heteroatoms. The predicted molar refractivity (Wildman–Crippen MR) is 177 cm³/mol. The first-order valence-corrected chi connectivity index (χ1v) is 15.3. The molecule has 0 aliphatic carbocycles. The number of thiophene rings is 1. The van der Waals surface area contributed by atoms with Crippen LogP contribution in [0.5, 0.6) is 5.75 Å². The molecule has 2 heterocycles. The molecular weight excluding hydrogens is 630 g/mol. The molecule has 0 atom stereocenters. The first-order valence-electron chi connectivity index (χ1n) is 14.1. The zero-order valence-corrected chi connectivity index (χ0v) is 27.2. The van der Waals surface area contributed by atoms with Gasteiger partial charge in [0.2, 0.25) is 5.91 Å². The van der Waals surface area contributed by atoms with E-state index < -0.39 is 17.6 Å². The van der Waals surface area contributed by atoms with Crippen molar-refractivity contribution in [3.05, 3.63) is 81.5 Å². The summed E-state index contributed by atoms with van der Waals surface area (Å²) in [4.78, 5) is 42.8. The van der Waals surface area contributed by atoms with Crippen LogP contribution in [-0.2, 0) is 14.3 Å². The van der Waals surface area contributed by atoms with Gasteiger partial charge in [0, 0.05) is 47.5 Å². The minimum absolute atomic E-state index is 0.0109. The normalized spacial score (nSPS) is 10.9. The van der Waals surface area contributed by atoms with Crippen molar-refractivity contribution in [2.24, 2.45) is 0 Å². The summed E-state index contributed by atoms with van der Waals surface area (Å²) in [5.41, 5.74) is 1.55. The zero-order valence-electron chi connectivity index (χ0n) is 25.6. The van der Waals surface area contributed by atoms with E-state index in [0.29, 0.717) is 38.7 Å². The summed E-state index contributed by atoms with van der Waals surface area (Å²) in [5.74, 6) is -0.310. The van der Waals surface area contributed by atoms with Crippen molar-refractivity contribution < 1.29 is 28.6 Å². The molecule has 4 aromatic rings. The highest BCUT2D eigenvalue weighted by Gasteiger charge is 2.22. The number of methoxy groups -OCH3 is 1. The molecule has 2 aromatic carbocycles. The van der Waals surface area contributed by atoms with E-state index in [2.05, 4.69) is 27.0 Å². The van der Waals surface area contributed by atoms with E-state index in [0.717, 1.165) is 0 Å². The van der Waals surface area contributed by atoms with E-state index >= 15 is 0 Å². The topological polar surface area (TPSA) is 152 Å². The molecule has 2 aromatic heterocycles. The number of nitrogens with one attached hydrogen (secondary N) is 3. The minimum atomic E-state index is -0.660. The number of aromatic nitrogens is 1. The summed E-state index contributed by atoms with van der Waals surface area (Å²) in [7, 11) is 1.50. The number of ether oxygens (including phenoxy) is 3. The Hall–Kier alpha value is -4.96. The minimum Gasteiger partial charge on any atom is -0.467 e. The van der Waals surface area contributed by atoms with Gasteiger partial charge in [-0.15, -0.1) is 11.3 Å². The van der Waals surface area contributed by atoms with E-state index in [1.54, 1.807) is 86.8 Å². The summed E-state index contributed by atoms with van der Waals surface area (Å²) in [5, 5.41) is 20.5. The second-order valence-corrected chi connectivity index (χ2v) is 12.1. The highest BCUT2D eigenvalue weighted by atomic mass is 35.5. The molecule has 0 fully saturated rings. The quantitative estimate of drug-likeness (QED) is 0.144. The van der Waals surface area contributed by atoms with Crippen molar-refractivity contribution in [1.82, 2.24) is 10.3 Å². The van der Waals surface area contributed by atoms with E-state index in [1.165, 1.54) is 18.4 Å². The standard InChI is InChI=1S/C33H32ClN5O6S/c1-33(2,3)45-32(42)36-14-13-29(40)37-20-11-12-25(34)23(16-20)22-17-26(21-8-5-6-9-27(21)44-19-43-4)38-30(24(22)18-35)39-31(41)28-10-7-15-46-28/h5-12,15-17H,13-14,19H2,1-4H3,(H,36,42)(H,37,40)(H,38,39,41). The number of alkyl carbamates (subject to hydrolysis) is 1. The SMILES string of the molecule is COCOc1ccccc1-c1cc(-c2cc(NC(=O)CCNC(=O)OC(C)(C)C)ccc2Cl)c(C#N)c(NC(=O)c2cccs2)n1. The van der Waals surface area contributed by atoms with Crippen LogP contribution in [0.25, 0.3) is 22.4 Å². The Morgan fingerprint density at radius 1 is 1.00 bits per heavy atom. The fourth-order valence-electron chi connectivity index (χ4n) is 4.23. The third kappa shape index (κ3) is 9.04. The molecule has 4 rings (SSSR count). The van der Waals surface area contributed by atoms with Crippen LogP contribution in [0.2, 0.25) is 5.02 Å². The number of benzene rings is 2. The van der Waals surface area contributed by atoms with Gasteiger partial charge in [0.25, 0.3) is 5.91 Å². The number of pyridine rings is 1. The number of amides is 3. The maximum atomic E-state index is 13.1. The van der Waals surface area contributed by atoms with E-state index in [1.807, 2.05) is 0 Å². The maximum Gasteiger partial charge on any atom is 0.407 e. The number of para-hydroxylation sites is 1. The van der Waals surface area contributed by atoms with Gasteiger partial charge >= 0.3 is 6.09 Å². The summed E-state index contributed by atoms with van der Waals surface area (Å²) in [6, 6.07) is 19.2. The Bertz CT molecular complexity index is 1770. The second-order valence-electron chi connectivity index (χ2n) is 10.8. The number of nitriles is 1. The van der Waals surface area contributed by atoms with Crippen molar-refractivity contribution in [2.45, 2.75) is 32.8 Å². The van der Waals surface area contributed by atoms with Crippen LogP contribution in [-0.4, -0.2) is 48.9 Å². The number of anilines is 2. The van der Waals surface area contributed by atoms with Gasteiger partial charge in [0.15, 0.2) is 12.6 Å². The molecule has 0 saturated carbocycles. The van der Waals surface area contributed by atoms with Crippen LogP contribution in [0, 0.1) is 11.3 Å². The number of carbonyl (C=O) groups is 3. The molecule has 0 aliphatic rings. The van der Waals surface area contributed by atoms with Gasteiger partial charge in [-0.05, 0) is 68.6 Å². The fraction of sp³-hybridized carbons (Fsp3) is 0.242. The molecular formula is C33H32ClN5O6S. The average molecular weight is 662 g/mol. The van der Waals surface area contributed by atoms with Gasteiger partial charge < -0.3 is 30.2 Å². The molecule has 11 nitrogen and oxygen atoms in total. The van der Waals surface area contributed by atoms with Crippen molar-refractivity contribution in [3.63, 3.8) is 0 Å². The molecule has 238 valence electrons. The van der Waals surface area contributed by atoms with Crippen LogP contribution >= 0.6 is 22.9 Å². The van der Waals surface area contributed by atoms with Gasteiger partial charge in [-0.25, -0.2) is 9.78 Å². The molecule has 0 radical (unpaired) electrons. The van der Waals surface area contributed by atoms with Gasteiger partial charge in [-0.3, -0.25) is 9.59 Å². The summed E-state index contributed by atoms with van der Waals surface area (Å²) in [6.45, 7) is 5.29. The first kappa shape index (κ1) is 33.9. The molecule has 0 bridgehead atoms. The molecule has 3 N–H and O–H groups in total. The highest BCUT2D eigenvalue weighted by Crippen LogP contribution is 2.39. The van der Waals surface area contributed by atoms with Crippen molar-refractivity contribution in [3.8, 4) is 34.2 Å². The Labute approximate surface area is 275 Å². The largest absolute Gasteiger partial charge is 0.467 e. The summed E-state index contributed by atoms with van der Waals surface area (Å²) in [6.07, 6.45) is -0.639. The first-order chi connectivity index (χ1) is 22.0. The average Bonchev–Trinajstić information content (AvgIpc) is 3.55. The molecule has 3 amide bonds. The molecule has 0 spiro atoms.